The summed E-state index contributed by atoms with van der Waals surface area (Å²) in [5, 5.41) is 0. The van der Waals surface area contributed by atoms with Crippen LogP contribution in [0.4, 0.5) is 0 Å². The molecule has 0 bridgehead atoms. The largest absolute Gasteiger partial charge is 0.462 e. The predicted octanol–water partition coefficient (Wildman–Crippen LogP) is -1.33. The van der Waals surface area contributed by atoms with Crippen LogP contribution in [0.15, 0.2) is 0 Å². The Morgan fingerprint density at radius 2 is 0.875 bits per heavy atom. The van der Waals surface area contributed by atoms with Gasteiger partial charge >= 0.3 is 23.9 Å². The summed E-state index contributed by atoms with van der Waals surface area (Å²) >= 11 is 0. The van der Waals surface area contributed by atoms with Crippen molar-refractivity contribution in [3.63, 3.8) is 0 Å². The summed E-state index contributed by atoms with van der Waals surface area (Å²) in [4.78, 5) is 45.6. The Morgan fingerprint density at radius 3 is 1.06 bits per heavy atom. The molecule has 0 aliphatic carbocycles. The van der Waals surface area contributed by atoms with Crippen molar-refractivity contribution in [3.8, 4) is 0 Å². The highest BCUT2D eigenvalue weighted by Crippen LogP contribution is 2.23. The van der Waals surface area contributed by atoms with Gasteiger partial charge < -0.3 is 18.9 Å². The van der Waals surface area contributed by atoms with E-state index in [0.29, 0.717) is 12.5 Å². The minimum atomic E-state index is -4.39. The maximum Gasteiger partial charge on any atom is 0.303 e. The summed E-state index contributed by atoms with van der Waals surface area (Å²) in [6.45, 7) is 2.33. The first kappa shape index (κ1) is 29.7. The highest BCUT2D eigenvalue weighted by atomic mass is 32.2. The zero-order valence-corrected chi connectivity index (χ0v) is 19.9. The Hall–Kier alpha value is -2.30. The molecule has 16 heteroatoms. The predicted molar refractivity (Wildman–Crippen MR) is 104 cm³/mol. The van der Waals surface area contributed by atoms with Crippen LogP contribution in [0.1, 0.15) is 27.7 Å². The molecule has 0 rings (SSSR count). The molecule has 4 atom stereocenters. The second-order valence-corrected chi connectivity index (χ2v) is 9.63. The van der Waals surface area contributed by atoms with Crippen molar-refractivity contribution >= 4 is 44.1 Å². The Balaban J connectivity index is 6.59. The third kappa shape index (κ3) is 13.9. The van der Waals surface area contributed by atoms with Gasteiger partial charge in [0.05, 0.1) is 12.5 Å². The zero-order valence-electron chi connectivity index (χ0n) is 18.3. The first-order valence-electron chi connectivity index (χ1n) is 8.79. The maximum absolute atomic E-state index is 11.9. The monoisotopic (exact) mass is 506 g/mol. The zero-order chi connectivity index (χ0) is 25.3. The van der Waals surface area contributed by atoms with Crippen molar-refractivity contribution in [3.05, 3.63) is 0 Å². The molecule has 0 aromatic carbocycles. The van der Waals surface area contributed by atoms with Gasteiger partial charge in [0.2, 0.25) is 0 Å². The summed E-state index contributed by atoms with van der Waals surface area (Å²) in [5.41, 5.74) is 0. The van der Waals surface area contributed by atoms with E-state index in [1.54, 1.807) is 0 Å². The van der Waals surface area contributed by atoms with E-state index in [4.69, 9.17) is 27.3 Å². The van der Waals surface area contributed by atoms with Crippen LogP contribution in [-0.4, -0.2) is 90.9 Å². The molecule has 14 nitrogen and oxygen atoms in total. The Kier molecular flexibility index (Phi) is 11.8. The van der Waals surface area contributed by atoms with Crippen LogP contribution in [0.2, 0.25) is 0 Å². The van der Waals surface area contributed by atoms with Gasteiger partial charge in [-0.1, -0.05) is 0 Å². The Labute approximate surface area is 185 Å². The second kappa shape index (κ2) is 12.7. The summed E-state index contributed by atoms with van der Waals surface area (Å²) in [6.07, 6.45) is -6.34. The third-order valence-corrected chi connectivity index (χ3v) is 4.31. The topological polar surface area (TPSA) is 192 Å². The van der Waals surface area contributed by atoms with Crippen molar-refractivity contribution in [2.75, 3.05) is 25.7 Å². The number of rotatable bonds is 13. The number of hydrogen-bond acceptors (Lipinski definition) is 14. The number of carbonyl (C=O) groups excluding carboxylic acids is 4. The molecule has 0 heterocycles. The molecule has 0 saturated heterocycles. The fourth-order valence-corrected chi connectivity index (χ4v) is 3.55. The molecular formula is C16H26O14S2. The molecule has 0 amide bonds. The second-order valence-electron chi connectivity index (χ2n) is 6.43. The van der Waals surface area contributed by atoms with Gasteiger partial charge in [-0.2, -0.15) is 16.8 Å². The van der Waals surface area contributed by atoms with Crippen molar-refractivity contribution in [2.45, 2.75) is 52.1 Å². The number of ether oxygens (including phenoxy) is 4. The molecule has 0 N–H and O–H groups in total. The molecule has 0 unspecified atom stereocenters. The van der Waals surface area contributed by atoms with E-state index in [2.05, 4.69) is 0 Å². The van der Waals surface area contributed by atoms with Crippen molar-refractivity contribution in [1.82, 2.24) is 0 Å². The van der Waals surface area contributed by atoms with E-state index < -0.39 is 81.7 Å². The van der Waals surface area contributed by atoms with Gasteiger partial charge in [-0.25, -0.2) is 0 Å². The number of hydrogen-bond donors (Lipinski definition) is 0. The molecule has 0 saturated carbocycles. The Bertz CT molecular complexity index is 818. The molecule has 0 aliphatic heterocycles. The third-order valence-electron chi connectivity index (χ3n) is 3.16. The van der Waals surface area contributed by atoms with Gasteiger partial charge in [-0.05, 0) is 0 Å². The highest BCUT2D eigenvalue weighted by Gasteiger charge is 2.45. The molecule has 186 valence electrons. The van der Waals surface area contributed by atoms with Crippen LogP contribution < -0.4 is 0 Å². The van der Waals surface area contributed by atoms with Crippen molar-refractivity contribution < 1.29 is 63.3 Å². The standard InChI is InChI=1S/C16H26O14S2/c1-9(17)25-7-13(27-11(3)19)15(29-31(5,21)22)16(30-32(6,23)24)14(28-12(4)20)8-26-10(2)18/h13-16H,7-8H2,1-6H3/t13-,14+,15-,16-/m1/s1. The summed E-state index contributed by atoms with van der Waals surface area (Å²) in [5.74, 6) is -3.66. The van der Waals surface area contributed by atoms with Crippen molar-refractivity contribution in [1.29, 1.82) is 0 Å². The van der Waals surface area contributed by atoms with Crippen LogP contribution in [0.3, 0.4) is 0 Å². The van der Waals surface area contributed by atoms with Gasteiger partial charge in [-0.15, -0.1) is 0 Å². The van der Waals surface area contributed by atoms with Gasteiger partial charge in [-0.3, -0.25) is 27.5 Å². The lowest BCUT2D eigenvalue weighted by Crippen LogP contribution is -2.54. The number of esters is 4. The normalized spacial score (nSPS) is 15.6. The van der Waals surface area contributed by atoms with Crippen LogP contribution >= 0.6 is 0 Å². The average Bonchev–Trinajstić information content (AvgIpc) is 2.56. The van der Waals surface area contributed by atoms with Crippen LogP contribution in [0.25, 0.3) is 0 Å². The molecule has 0 fully saturated rings. The quantitative estimate of drug-likeness (QED) is 0.162. The molecule has 0 aliphatic rings. The maximum atomic E-state index is 11.9. The summed E-state index contributed by atoms with van der Waals surface area (Å²) in [7, 11) is -8.78. The van der Waals surface area contributed by atoms with Gasteiger partial charge in [0.25, 0.3) is 20.2 Å². The van der Waals surface area contributed by atoms with Crippen LogP contribution in [0.5, 0.6) is 0 Å². The van der Waals surface area contributed by atoms with Crippen molar-refractivity contribution in [2.24, 2.45) is 0 Å². The smallest absolute Gasteiger partial charge is 0.303 e. The summed E-state index contributed by atoms with van der Waals surface area (Å²) in [6, 6.07) is 0. The fourth-order valence-electron chi connectivity index (χ4n) is 2.28. The SMILES string of the molecule is CC(=O)OC[C@H](OC(C)=O)[C@@H](OS(C)(=O)=O)[C@H](OS(C)(=O)=O)[C@@H](COC(C)=O)OC(C)=O. The Morgan fingerprint density at radius 1 is 0.594 bits per heavy atom. The molecule has 32 heavy (non-hydrogen) atoms. The molecule has 0 aromatic rings. The first-order valence-corrected chi connectivity index (χ1v) is 12.4. The van der Waals surface area contributed by atoms with E-state index in [0.717, 1.165) is 27.7 Å². The van der Waals surface area contributed by atoms with E-state index >= 15 is 0 Å². The van der Waals surface area contributed by atoms with Gasteiger partial charge in [0.1, 0.15) is 25.4 Å². The van der Waals surface area contributed by atoms with Gasteiger partial charge in [0, 0.05) is 27.7 Å². The summed E-state index contributed by atoms with van der Waals surface area (Å²) < 4.78 is 76.7. The minimum Gasteiger partial charge on any atom is -0.462 e. The van der Waals surface area contributed by atoms with E-state index in [-0.39, 0.29) is 0 Å². The van der Waals surface area contributed by atoms with E-state index in [1.807, 2.05) is 0 Å². The van der Waals surface area contributed by atoms with Gasteiger partial charge in [0.15, 0.2) is 12.2 Å². The fraction of sp³-hybridized carbons (Fsp3) is 0.750. The van der Waals surface area contributed by atoms with E-state index in [1.165, 1.54) is 0 Å². The van der Waals surface area contributed by atoms with Crippen LogP contribution in [0, 0.1) is 0 Å². The lowest BCUT2D eigenvalue weighted by molar-refractivity contribution is -0.179. The molecule has 0 spiro atoms. The lowest BCUT2D eigenvalue weighted by Gasteiger charge is -2.34. The highest BCUT2D eigenvalue weighted by molar-refractivity contribution is 7.86. The van der Waals surface area contributed by atoms with Crippen LogP contribution in [-0.2, 0) is 66.7 Å². The molecular weight excluding hydrogens is 480 g/mol. The first-order chi connectivity index (χ1) is 14.4. The minimum absolute atomic E-state index is 0.598. The molecule has 0 aromatic heterocycles. The molecule has 0 radical (unpaired) electrons. The lowest BCUT2D eigenvalue weighted by atomic mass is 10.0. The number of carbonyl (C=O) groups is 4. The average molecular weight is 507 g/mol. The van der Waals surface area contributed by atoms with E-state index in [9.17, 15) is 36.0 Å².